The van der Waals surface area contributed by atoms with Crippen molar-refractivity contribution < 1.29 is 14.6 Å². The molecule has 1 N–H and O–H groups in total. The molecule has 116 valence electrons. The van der Waals surface area contributed by atoms with Crippen molar-refractivity contribution in [3.63, 3.8) is 0 Å². The zero-order chi connectivity index (χ0) is 16.2. The van der Waals surface area contributed by atoms with Crippen LogP contribution in [0.15, 0.2) is 78.2 Å². The first kappa shape index (κ1) is 14.9. The van der Waals surface area contributed by atoms with Crippen LogP contribution in [0.1, 0.15) is 13.3 Å². The first-order valence-corrected chi connectivity index (χ1v) is 7.47. The van der Waals surface area contributed by atoms with E-state index in [0.717, 1.165) is 12.2 Å². The Bertz CT molecular complexity index is 778. The highest BCUT2D eigenvalue weighted by Gasteiger charge is 2.28. The number of ether oxygens (including phenoxy) is 1. The van der Waals surface area contributed by atoms with E-state index in [2.05, 4.69) is 0 Å². The third-order valence-corrected chi connectivity index (χ3v) is 3.44. The van der Waals surface area contributed by atoms with Crippen LogP contribution < -0.4 is 9.64 Å². The molecule has 2 aromatic carbocycles. The van der Waals surface area contributed by atoms with Gasteiger partial charge in [0.1, 0.15) is 17.3 Å². The van der Waals surface area contributed by atoms with Gasteiger partial charge < -0.3 is 9.84 Å². The van der Waals surface area contributed by atoms with Gasteiger partial charge in [-0.05, 0) is 30.7 Å². The SMILES string of the molecule is CCC=C1C(O)=CC(=O)N1c1cccc(Oc2ccccc2)c1. The minimum atomic E-state index is -0.265. The van der Waals surface area contributed by atoms with Gasteiger partial charge in [-0.1, -0.05) is 37.3 Å². The number of anilines is 1. The number of benzene rings is 2. The van der Waals surface area contributed by atoms with Gasteiger partial charge in [0.15, 0.2) is 0 Å². The van der Waals surface area contributed by atoms with E-state index >= 15 is 0 Å². The lowest BCUT2D eigenvalue weighted by Gasteiger charge is -2.19. The van der Waals surface area contributed by atoms with E-state index in [-0.39, 0.29) is 11.7 Å². The highest BCUT2D eigenvalue weighted by atomic mass is 16.5. The molecule has 1 heterocycles. The van der Waals surface area contributed by atoms with Gasteiger partial charge in [0.2, 0.25) is 0 Å². The number of carbonyl (C=O) groups is 1. The Labute approximate surface area is 134 Å². The van der Waals surface area contributed by atoms with Gasteiger partial charge in [0.25, 0.3) is 5.91 Å². The summed E-state index contributed by atoms with van der Waals surface area (Å²) in [5.74, 6) is 1.08. The van der Waals surface area contributed by atoms with E-state index in [0.29, 0.717) is 17.1 Å². The van der Waals surface area contributed by atoms with E-state index in [1.165, 1.54) is 11.0 Å². The summed E-state index contributed by atoms with van der Waals surface area (Å²) < 4.78 is 5.80. The fourth-order valence-corrected chi connectivity index (χ4v) is 2.45. The van der Waals surface area contributed by atoms with Crippen molar-refractivity contribution in [1.82, 2.24) is 0 Å². The summed E-state index contributed by atoms with van der Waals surface area (Å²) in [6.45, 7) is 1.95. The minimum absolute atomic E-state index is 0.00812. The number of rotatable bonds is 4. The number of aliphatic hydroxyl groups is 1. The summed E-state index contributed by atoms with van der Waals surface area (Å²) in [6, 6.07) is 16.7. The average Bonchev–Trinajstić information content (AvgIpc) is 2.83. The van der Waals surface area contributed by atoms with Crippen molar-refractivity contribution in [3.8, 4) is 11.5 Å². The van der Waals surface area contributed by atoms with Crippen molar-refractivity contribution >= 4 is 11.6 Å². The second-order valence-electron chi connectivity index (χ2n) is 5.11. The minimum Gasteiger partial charge on any atom is -0.506 e. The highest BCUT2D eigenvalue weighted by Crippen LogP contribution is 2.32. The van der Waals surface area contributed by atoms with Crippen LogP contribution in [0.5, 0.6) is 11.5 Å². The Balaban J connectivity index is 1.91. The molecule has 4 nitrogen and oxygen atoms in total. The predicted octanol–water partition coefficient (Wildman–Crippen LogP) is 4.56. The molecule has 0 atom stereocenters. The van der Waals surface area contributed by atoms with E-state index < -0.39 is 0 Å². The molecule has 23 heavy (non-hydrogen) atoms. The second kappa shape index (κ2) is 6.40. The molecule has 1 aliphatic rings. The van der Waals surface area contributed by atoms with Gasteiger partial charge in [-0.3, -0.25) is 9.69 Å². The van der Waals surface area contributed by atoms with Gasteiger partial charge in [-0.2, -0.15) is 0 Å². The highest BCUT2D eigenvalue weighted by molar-refractivity contribution is 6.08. The van der Waals surface area contributed by atoms with E-state index in [4.69, 9.17) is 4.74 Å². The monoisotopic (exact) mass is 307 g/mol. The van der Waals surface area contributed by atoms with Crippen molar-refractivity contribution in [2.75, 3.05) is 4.90 Å². The summed E-state index contributed by atoms with van der Waals surface area (Å²) in [7, 11) is 0. The lowest BCUT2D eigenvalue weighted by molar-refractivity contribution is -0.113. The predicted molar refractivity (Wildman–Crippen MR) is 89.5 cm³/mol. The molecular weight excluding hydrogens is 290 g/mol. The number of nitrogens with zero attached hydrogens (tertiary/aromatic N) is 1. The number of hydrogen-bond donors (Lipinski definition) is 1. The van der Waals surface area contributed by atoms with Crippen molar-refractivity contribution in [3.05, 3.63) is 78.2 Å². The van der Waals surface area contributed by atoms with E-state index in [1.54, 1.807) is 6.07 Å². The lowest BCUT2D eigenvalue weighted by atomic mass is 10.2. The van der Waals surface area contributed by atoms with Crippen LogP contribution in [-0.4, -0.2) is 11.0 Å². The normalized spacial score (nSPS) is 15.9. The molecular formula is C19H17NO3. The molecule has 0 saturated heterocycles. The Kier molecular flexibility index (Phi) is 4.15. The first-order chi connectivity index (χ1) is 11.2. The van der Waals surface area contributed by atoms with Gasteiger partial charge in [0, 0.05) is 12.1 Å². The van der Waals surface area contributed by atoms with Gasteiger partial charge in [-0.15, -0.1) is 0 Å². The molecule has 0 bridgehead atoms. The summed E-state index contributed by atoms with van der Waals surface area (Å²) >= 11 is 0. The zero-order valence-corrected chi connectivity index (χ0v) is 12.8. The maximum Gasteiger partial charge on any atom is 0.259 e. The molecule has 2 aromatic rings. The summed E-state index contributed by atoms with van der Waals surface area (Å²) in [5.41, 5.74) is 1.16. The van der Waals surface area contributed by atoms with Crippen molar-refractivity contribution in [2.45, 2.75) is 13.3 Å². The molecule has 0 radical (unpaired) electrons. The number of amides is 1. The smallest absolute Gasteiger partial charge is 0.259 e. The molecule has 0 unspecified atom stereocenters. The molecule has 0 fully saturated rings. The van der Waals surface area contributed by atoms with Gasteiger partial charge in [0.05, 0.1) is 11.4 Å². The molecule has 4 heteroatoms. The van der Waals surface area contributed by atoms with Crippen LogP contribution in [0.3, 0.4) is 0 Å². The molecule has 0 saturated carbocycles. The first-order valence-electron chi connectivity index (χ1n) is 7.47. The maximum absolute atomic E-state index is 12.1. The summed E-state index contributed by atoms with van der Waals surface area (Å²) in [5, 5.41) is 9.93. The van der Waals surface area contributed by atoms with Crippen molar-refractivity contribution in [1.29, 1.82) is 0 Å². The van der Waals surface area contributed by atoms with Crippen LogP contribution in [0.4, 0.5) is 5.69 Å². The van der Waals surface area contributed by atoms with Gasteiger partial charge >= 0.3 is 0 Å². The molecule has 3 rings (SSSR count). The van der Waals surface area contributed by atoms with E-state index in [1.807, 2.05) is 61.5 Å². The molecule has 0 aliphatic carbocycles. The number of aliphatic hydroxyl groups excluding tert-OH is 1. The largest absolute Gasteiger partial charge is 0.506 e. The number of carbonyl (C=O) groups excluding carboxylic acids is 1. The summed E-state index contributed by atoms with van der Waals surface area (Å²) in [6.07, 6.45) is 3.77. The summed E-state index contributed by atoms with van der Waals surface area (Å²) in [4.78, 5) is 13.6. The van der Waals surface area contributed by atoms with E-state index in [9.17, 15) is 9.90 Å². The standard InChI is InChI=1S/C19H17NO3/c1-2-7-17-18(21)13-19(22)20(17)14-8-6-11-16(12-14)23-15-9-4-3-5-10-15/h3-13,21H,2H2,1H3. The fourth-order valence-electron chi connectivity index (χ4n) is 2.45. The average molecular weight is 307 g/mol. The Morgan fingerprint density at radius 3 is 2.57 bits per heavy atom. The molecule has 1 amide bonds. The maximum atomic E-state index is 12.1. The van der Waals surface area contributed by atoms with Crippen LogP contribution in [0.25, 0.3) is 0 Å². The zero-order valence-electron chi connectivity index (χ0n) is 12.8. The van der Waals surface area contributed by atoms with Crippen LogP contribution >= 0.6 is 0 Å². The fraction of sp³-hybridized carbons (Fsp3) is 0.105. The number of allylic oxidation sites excluding steroid dienone is 1. The van der Waals surface area contributed by atoms with Crippen molar-refractivity contribution in [2.24, 2.45) is 0 Å². The quantitative estimate of drug-likeness (QED) is 0.900. The molecule has 0 aromatic heterocycles. The third-order valence-electron chi connectivity index (χ3n) is 3.44. The second-order valence-corrected chi connectivity index (χ2v) is 5.11. The number of hydrogen-bond acceptors (Lipinski definition) is 3. The third kappa shape index (κ3) is 3.11. The molecule has 1 aliphatic heterocycles. The van der Waals surface area contributed by atoms with Crippen LogP contribution in [0, 0.1) is 0 Å². The van der Waals surface area contributed by atoms with Crippen LogP contribution in [-0.2, 0) is 4.79 Å². The number of para-hydroxylation sites is 1. The Morgan fingerprint density at radius 2 is 1.83 bits per heavy atom. The Morgan fingerprint density at radius 1 is 1.09 bits per heavy atom. The topological polar surface area (TPSA) is 49.8 Å². The lowest BCUT2D eigenvalue weighted by Crippen LogP contribution is -2.23. The van der Waals surface area contributed by atoms with Gasteiger partial charge in [-0.25, -0.2) is 0 Å². The Hall–Kier alpha value is -3.01. The molecule has 0 spiro atoms. The van der Waals surface area contributed by atoms with Crippen LogP contribution in [0.2, 0.25) is 0 Å².